The first-order valence-electron chi connectivity index (χ1n) is 42.0. The molecule has 3 unspecified atom stereocenters. The number of non-ortho nitro benzene ring substituents is 5. The van der Waals surface area contributed by atoms with Gasteiger partial charge in [-0.15, -0.1) is 52.6 Å². The minimum absolute atomic E-state index is 0.0273. The maximum atomic E-state index is 14.6. The van der Waals surface area contributed by atoms with E-state index in [9.17, 15) is 96.1 Å². The molecule has 2 heterocycles. The SMILES string of the molecule is C=CCN(CC=C)C(=O)C[C@@](C)(CC(C)OC)c1cc([N+](=O)[O-])ccc1F.C=CCN(CC=C)C(=O)C[C@@](C)(CC=O)c1cc([N+](=O)[O-])ccc1F.C=CCN(CC=C)C1=N[C@](C)(c2cc(N)ccc2F)C=CO1.C=CCN(CC=C)C1=N[C@](C)(c2cc([N+](=O)[O-])ccc2F)C=CO1.COC(C)C[C@](C)(N)c1cc([N+](=O)[O-])ccc1F.COC(C)C[C@](C)(N=C=O)c1cc([N+](=O)[O-])ccc1F. The van der Waals surface area contributed by atoms with E-state index in [4.69, 9.17) is 35.2 Å². The molecule has 0 bridgehead atoms. The Bertz CT molecular complexity index is 5420. The minimum atomic E-state index is -1.27. The summed E-state index contributed by atoms with van der Waals surface area (Å²) in [5, 5.41) is 54.5. The molecular formula is C97H118F6N14O19. The van der Waals surface area contributed by atoms with Crippen LogP contribution in [-0.4, -0.2) is 172 Å². The zero-order valence-corrected chi connectivity index (χ0v) is 78.2. The first-order valence-corrected chi connectivity index (χ1v) is 42.0. The summed E-state index contributed by atoms with van der Waals surface area (Å²) in [6.45, 7) is 47.7. The molecule has 136 heavy (non-hydrogen) atoms. The molecule has 6 aromatic carbocycles. The van der Waals surface area contributed by atoms with E-state index >= 15 is 0 Å². The number of aliphatic imine (C=N–C) groups is 3. The Balaban J connectivity index is 0.000000422. The predicted octanol–water partition coefficient (Wildman–Crippen LogP) is 18.9. The molecule has 0 saturated heterocycles. The van der Waals surface area contributed by atoms with Crippen molar-refractivity contribution in [1.82, 2.24) is 19.6 Å². The van der Waals surface area contributed by atoms with E-state index in [1.54, 1.807) is 118 Å². The molecule has 4 N–H and O–H groups in total. The summed E-state index contributed by atoms with van der Waals surface area (Å²) in [6, 6.07) is 21.5. The zero-order valence-electron chi connectivity index (χ0n) is 78.2. The van der Waals surface area contributed by atoms with Crippen LogP contribution in [0.2, 0.25) is 0 Å². The first-order chi connectivity index (χ1) is 64.0. The van der Waals surface area contributed by atoms with Crippen LogP contribution in [0, 0.1) is 85.5 Å². The molecule has 2 aliphatic heterocycles. The fraction of sp³-hybridized carbons (Fsp3) is 0.361. The number of isocyanates is 1. The quantitative estimate of drug-likeness (QED) is 0.00525. The molecule has 8 rings (SSSR count). The Hall–Kier alpha value is -14.5. The van der Waals surface area contributed by atoms with Crippen molar-refractivity contribution in [2.24, 2.45) is 20.7 Å². The van der Waals surface area contributed by atoms with Gasteiger partial charge in [0.25, 0.3) is 40.5 Å². The predicted molar refractivity (Wildman–Crippen MR) is 509 cm³/mol. The number of carbonyl (C=O) groups excluding carboxylic acids is 4. The van der Waals surface area contributed by atoms with Crippen LogP contribution in [-0.2, 0) is 75.8 Å². The molecule has 0 aromatic heterocycles. The lowest BCUT2D eigenvalue weighted by Gasteiger charge is -2.34. The van der Waals surface area contributed by atoms with Crippen LogP contribution in [0.1, 0.15) is 134 Å². The lowest BCUT2D eigenvalue weighted by atomic mass is 9.74. The van der Waals surface area contributed by atoms with Crippen LogP contribution in [0.15, 0.2) is 250 Å². The summed E-state index contributed by atoms with van der Waals surface area (Å²) in [4.78, 5) is 118. The van der Waals surface area contributed by atoms with Crippen molar-refractivity contribution >= 4 is 70.3 Å². The largest absolute Gasteiger partial charge is 0.434 e. The topological polar surface area (TPSA) is 432 Å². The van der Waals surface area contributed by atoms with E-state index in [2.05, 4.69) is 67.6 Å². The number of nitrogens with two attached hydrogens (primary N) is 2. The lowest BCUT2D eigenvalue weighted by Crippen LogP contribution is -2.39. The molecule has 0 fully saturated rings. The number of benzene rings is 6. The van der Waals surface area contributed by atoms with Gasteiger partial charge in [-0.05, 0) is 122 Å². The highest BCUT2D eigenvalue weighted by atomic mass is 19.1. The number of nitrogens with zero attached hydrogens (tertiary/aromatic N) is 12. The summed E-state index contributed by atoms with van der Waals surface area (Å²) in [5.41, 5.74) is 5.39. The van der Waals surface area contributed by atoms with Crippen molar-refractivity contribution in [3.63, 3.8) is 0 Å². The molecule has 39 heteroatoms. The van der Waals surface area contributed by atoms with Crippen molar-refractivity contribution in [1.29, 1.82) is 0 Å². The third-order valence-electron chi connectivity index (χ3n) is 21.5. The van der Waals surface area contributed by atoms with Crippen molar-refractivity contribution in [3.05, 3.63) is 354 Å². The van der Waals surface area contributed by atoms with Gasteiger partial charge < -0.3 is 59.5 Å². The Labute approximate surface area is 786 Å². The van der Waals surface area contributed by atoms with Crippen LogP contribution in [0.3, 0.4) is 0 Å². The van der Waals surface area contributed by atoms with Crippen molar-refractivity contribution < 1.29 is 93.8 Å². The smallest absolute Gasteiger partial charge is 0.294 e. The Morgan fingerprint density at radius 2 is 0.772 bits per heavy atom. The van der Waals surface area contributed by atoms with Crippen LogP contribution < -0.4 is 11.5 Å². The van der Waals surface area contributed by atoms with E-state index < -0.39 is 86.7 Å². The van der Waals surface area contributed by atoms with Crippen molar-refractivity contribution in [2.45, 2.75) is 152 Å². The number of anilines is 1. The fourth-order valence-electron chi connectivity index (χ4n) is 14.2. The summed E-state index contributed by atoms with van der Waals surface area (Å²) in [5.74, 6) is -3.96. The highest BCUT2D eigenvalue weighted by Crippen LogP contribution is 2.42. The number of nitro benzene ring substituents is 5. The Morgan fingerprint density at radius 3 is 1.12 bits per heavy atom. The van der Waals surface area contributed by atoms with Gasteiger partial charge in [-0.3, -0.25) is 60.2 Å². The maximum absolute atomic E-state index is 14.6. The van der Waals surface area contributed by atoms with Crippen molar-refractivity contribution in [2.75, 3.05) is 79.4 Å². The lowest BCUT2D eigenvalue weighted by molar-refractivity contribution is -0.385. The Morgan fingerprint density at radius 1 is 0.471 bits per heavy atom. The second-order valence-corrected chi connectivity index (χ2v) is 32.5. The zero-order chi connectivity index (χ0) is 103. The summed E-state index contributed by atoms with van der Waals surface area (Å²) in [6.07, 6.45) is 21.1. The molecule has 2 amide bonds. The van der Waals surface area contributed by atoms with E-state index in [-0.39, 0.29) is 137 Å². The first kappa shape index (κ1) is 116. The molecular weight excluding hydrogens is 1780 g/mol. The molecule has 0 spiro atoms. The number of halogens is 6. The van der Waals surface area contributed by atoms with E-state index in [1.165, 1.54) is 82.1 Å². The number of amides is 2. The normalized spacial score (nSPS) is 16.1. The average Bonchev–Trinajstić information content (AvgIpc) is 0.725. The summed E-state index contributed by atoms with van der Waals surface area (Å²) < 4.78 is 111. The van der Waals surface area contributed by atoms with E-state index in [1.807, 2.05) is 18.7 Å². The second kappa shape index (κ2) is 54.6. The van der Waals surface area contributed by atoms with Gasteiger partial charge in [0.2, 0.25) is 17.9 Å². The third-order valence-corrected chi connectivity index (χ3v) is 21.5. The van der Waals surface area contributed by atoms with Crippen LogP contribution in [0.4, 0.5) is 60.5 Å². The van der Waals surface area contributed by atoms with Crippen molar-refractivity contribution in [3.8, 4) is 0 Å². The number of aldehydes is 1. The van der Waals surface area contributed by atoms with Gasteiger partial charge in [0.15, 0.2) is 0 Å². The second-order valence-electron chi connectivity index (χ2n) is 32.5. The van der Waals surface area contributed by atoms with Gasteiger partial charge in [-0.25, -0.2) is 41.1 Å². The number of hydrogen-bond acceptors (Lipinski definition) is 26. The number of methoxy groups -OCH3 is 3. The molecule has 732 valence electrons. The van der Waals surface area contributed by atoms with Gasteiger partial charge in [0.1, 0.15) is 57.8 Å². The number of nitro groups is 5. The van der Waals surface area contributed by atoms with Crippen LogP contribution in [0.5, 0.6) is 0 Å². The molecule has 2 aliphatic rings. The number of nitrogen functional groups attached to an aromatic ring is 1. The standard InChI is InChI=1S/C20H27FN2O4.C18H21FN2O4.C17H18FN3O3.C17H20FN3O.C13H15FN2O4.C12H17FN2O3/c1-6-10-22(11-7-2)19(24)14-20(4,13-15(3)27-5)17-12-16(23(25)26)8-9-18(17)21;1-4-9-20(10-5-2)17(23)13-18(3,8-11-22)15-12-14(21(24)25)6-7-16(15)19;1-4-9-20(10-5-2)16-19-17(3,8-11-24-16)14-12-13(21(22)23)6-7-15(14)18;1-4-9-21(10-5-2)16-20-17(3,8-11-22-16)14-12-13(19)6-7-15(14)18;1-9(20-3)7-13(2,15-8-17)11-6-10(16(18)19)4-5-12(11)14;1-8(18-3)7-12(2,14)10-6-9(15(16)17)4-5-11(10)13/h6-9,12,15H,1-2,10-11,13-14H2,3-5H3;4-7,11-12H,1-2,8-10,13H2,3H3;4-8,11-12H,1-2,9-10H2,3H3;4-8,11-12H,1-2,9-10,19H2,3H3;4-6,9H,7H2,1-3H3;4-6,8H,7,14H2,1-3H3/t15?,20-;18-;2*17-;9?,13-;8?,12-/m110000/s1. The number of rotatable bonds is 43. The average molecular weight is 1900 g/mol. The fourth-order valence-corrected chi connectivity index (χ4v) is 14.2. The van der Waals surface area contributed by atoms with Gasteiger partial charge in [0, 0.05) is 215 Å². The van der Waals surface area contributed by atoms with Crippen LogP contribution >= 0.6 is 0 Å². The van der Waals surface area contributed by atoms with Crippen LogP contribution in [0.25, 0.3) is 0 Å². The summed E-state index contributed by atoms with van der Waals surface area (Å²) >= 11 is 0. The molecule has 0 saturated carbocycles. The highest BCUT2D eigenvalue weighted by Gasteiger charge is 2.41. The number of amidine groups is 2. The number of hydrogen-bond donors (Lipinski definition) is 2. The molecule has 0 aliphatic carbocycles. The maximum Gasteiger partial charge on any atom is 0.294 e. The molecule has 33 nitrogen and oxygen atoms in total. The minimum Gasteiger partial charge on any atom is -0.434 e. The monoisotopic (exact) mass is 1900 g/mol. The number of carbonyl (C=O) groups is 3. The third kappa shape index (κ3) is 33.9. The van der Waals surface area contributed by atoms with E-state index in [0.29, 0.717) is 75.7 Å². The Kier molecular flexibility index (Phi) is 46.4. The molecule has 9 atom stereocenters. The number of ether oxygens (including phenoxy) is 5. The molecule has 6 aromatic rings. The van der Waals surface area contributed by atoms with Gasteiger partial charge in [-0.1, -0.05) is 62.5 Å². The van der Waals surface area contributed by atoms with E-state index in [0.717, 1.165) is 72.8 Å². The van der Waals surface area contributed by atoms with Gasteiger partial charge >= 0.3 is 0 Å². The van der Waals surface area contributed by atoms with Gasteiger partial charge in [-0.2, -0.15) is 4.99 Å². The summed E-state index contributed by atoms with van der Waals surface area (Å²) in [7, 11) is 4.53. The molecule has 0 radical (unpaired) electrons. The van der Waals surface area contributed by atoms with Gasteiger partial charge in [0.05, 0.1) is 55.5 Å². The highest BCUT2D eigenvalue weighted by molar-refractivity contribution is 5.80.